The number of benzene rings is 1. The van der Waals surface area contributed by atoms with Crippen LogP contribution in [-0.2, 0) is 9.59 Å². The standard InChI is InChI=1S/C16H21N3O2/c1-10(2)12-4-6-13(7-5-12)11(3)18-19-16(21)15(20)17-14-8-9-14/h4-7,10,14H,8-9H2,1-3H3,(H,17,20)(H,19,21)/b18-11-. The van der Waals surface area contributed by atoms with Gasteiger partial charge in [-0.25, -0.2) is 5.43 Å². The van der Waals surface area contributed by atoms with Crippen molar-refractivity contribution in [3.63, 3.8) is 0 Å². The molecule has 0 saturated heterocycles. The summed E-state index contributed by atoms with van der Waals surface area (Å²) in [5, 5.41) is 6.59. The van der Waals surface area contributed by atoms with Gasteiger partial charge in [0.15, 0.2) is 0 Å². The molecule has 112 valence electrons. The van der Waals surface area contributed by atoms with Crippen LogP contribution < -0.4 is 10.7 Å². The summed E-state index contributed by atoms with van der Waals surface area (Å²) in [5.41, 5.74) is 5.12. The number of hydrogen-bond donors (Lipinski definition) is 2. The van der Waals surface area contributed by atoms with Crippen molar-refractivity contribution in [1.29, 1.82) is 0 Å². The first-order valence-electron chi connectivity index (χ1n) is 7.23. The number of amides is 2. The zero-order valence-corrected chi connectivity index (χ0v) is 12.6. The van der Waals surface area contributed by atoms with Crippen molar-refractivity contribution in [2.24, 2.45) is 5.10 Å². The second-order valence-electron chi connectivity index (χ2n) is 5.66. The van der Waals surface area contributed by atoms with Crippen LogP contribution in [0.4, 0.5) is 0 Å². The quantitative estimate of drug-likeness (QED) is 0.504. The molecule has 1 fully saturated rings. The van der Waals surface area contributed by atoms with E-state index in [9.17, 15) is 9.59 Å². The molecule has 1 aromatic rings. The lowest BCUT2D eigenvalue weighted by Crippen LogP contribution is -2.39. The summed E-state index contributed by atoms with van der Waals surface area (Å²) >= 11 is 0. The zero-order valence-electron chi connectivity index (χ0n) is 12.6. The molecular weight excluding hydrogens is 266 g/mol. The van der Waals surface area contributed by atoms with Gasteiger partial charge < -0.3 is 5.32 Å². The second-order valence-corrected chi connectivity index (χ2v) is 5.66. The molecule has 0 bridgehead atoms. The van der Waals surface area contributed by atoms with Crippen LogP contribution in [0.2, 0.25) is 0 Å². The van der Waals surface area contributed by atoms with E-state index in [4.69, 9.17) is 0 Å². The van der Waals surface area contributed by atoms with Gasteiger partial charge in [0, 0.05) is 6.04 Å². The van der Waals surface area contributed by atoms with E-state index in [2.05, 4.69) is 29.7 Å². The lowest BCUT2D eigenvalue weighted by Gasteiger charge is -2.07. The minimum atomic E-state index is -0.722. The van der Waals surface area contributed by atoms with Crippen LogP contribution in [0.15, 0.2) is 29.4 Å². The molecule has 21 heavy (non-hydrogen) atoms. The second kappa shape index (κ2) is 6.52. The third kappa shape index (κ3) is 4.41. The highest BCUT2D eigenvalue weighted by molar-refractivity contribution is 6.35. The Morgan fingerprint density at radius 2 is 1.76 bits per heavy atom. The number of nitrogens with one attached hydrogen (secondary N) is 2. The van der Waals surface area contributed by atoms with Crippen LogP contribution in [0.25, 0.3) is 0 Å². The summed E-state index contributed by atoms with van der Waals surface area (Å²) in [6, 6.07) is 8.17. The summed E-state index contributed by atoms with van der Waals surface area (Å²) < 4.78 is 0. The highest BCUT2D eigenvalue weighted by atomic mass is 16.2. The molecule has 2 amide bonds. The van der Waals surface area contributed by atoms with Crippen molar-refractivity contribution in [2.45, 2.75) is 45.6 Å². The normalized spacial score (nSPS) is 15.0. The van der Waals surface area contributed by atoms with E-state index < -0.39 is 11.8 Å². The van der Waals surface area contributed by atoms with E-state index >= 15 is 0 Å². The van der Waals surface area contributed by atoms with E-state index in [1.165, 1.54) is 5.56 Å². The molecule has 5 heteroatoms. The Balaban J connectivity index is 1.93. The van der Waals surface area contributed by atoms with Crippen molar-refractivity contribution in [3.05, 3.63) is 35.4 Å². The molecule has 0 atom stereocenters. The lowest BCUT2D eigenvalue weighted by molar-refractivity contribution is -0.139. The summed E-state index contributed by atoms with van der Waals surface area (Å²) in [6.07, 6.45) is 1.90. The summed E-state index contributed by atoms with van der Waals surface area (Å²) in [6.45, 7) is 6.06. The van der Waals surface area contributed by atoms with E-state index in [0.29, 0.717) is 11.6 Å². The molecule has 5 nitrogen and oxygen atoms in total. The van der Waals surface area contributed by atoms with Crippen LogP contribution in [0.1, 0.15) is 50.7 Å². The van der Waals surface area contributed by atoms with Gasteiger partial charge in [-0.1, -0.05) is 38.1 Å². The Kier molecular flexibility index (Phi) is 4.73. The van der Waals surface area contributed by atoms with E-state index in [1.807, 2.05) is 24.3 Å². The molecule has 0 aliphatic heterocycles. The van der Waals surface area contributed by atoms with Gasteiger partial charge in [0.1, 0.15) is 0 Å². The van der Waals surface area contributed by atoms with Crippen LogP contribution >= 0.6 is 0 Å². The van der Waals surface area contributed by atoms with Gasteiger partial charge in [-0.15, -0.1) is 0 Å². The van der Waals surface area contributed by atoms with Gasteiger partial charge >= 0.3 is 11.8 Å². The molecule has 2 rings (SSSR count). The van der Waals surface area contributed by atoms with Crippen molar-refractivity contribution < 1.29 is 9.59 Å². The Morgan fingerprint density at radius 1 is 1.14 bits per heavy atom. The molecule has 0 heterocycles. The number of carbonyl (C=O) groups excluding carboxylic acids is 2. The van der Waals surface area contributed by atoms with Gasteiger partial charge in [0.05, 0.1) is 5.71 Å². The molecule has 1 aromatic carbocycles. The fraction of sp³-hybridized carbons (Fsp3) is 0.438. The Hall–Kier alpha value is -2.17. The largest absolute Gasteiger partial charge is 0.345 e. The molecule has 0 radical (unpaired) electrons. The summed E-state index contributed by atoms with van der Waals surface area (Å²) in [4.78, 5) is 23.0. The molecule has 1 aliphatic rings. The van der Waals surface area contributed by atoms with E-state index in [-0.39, 0.29) is 6.04 Å². The highest BCUT2D eigenvalue weighted by Crippen LogP contribution is 2.18. The minimum absolute atomic E-state index is 0.164. The first-order chi connectivity index (χ1) is 9.97. The Morgan fingerprint density at radius 3 is 2.29 bits per heavy atom. The van der Waals surface area contributed by atoms with Crippen molar-refractivity contribution >= 4 is 17.5 Å². The number of hydrogen-bond acceptors (Lipinski definition) is 3. The number of nitrogens with zero attached hydrogens (tertiary/aromatic N) is 1. The predicted molar refractivity (Wildman–Crippen MR) is 82.0 cm³/mol. The maximum absolute atomic E-state index is 11.6. The fourth-order valence-electron chi connectivity index (χ4n) is 1.84. The Labute approximate surface area is 124 Å². The number of hydrazone groups is 1. The first kappa shape index (κ1) is 15.2. The topological polar surface area (TPSA) is 70.6 Å². The summed E-state index contributed by atoms with van der Waals surface area (Å²) in [7, 11) is 0. The van der Waals surface area contributed by atoms with Gasteiger partial charge in [-0.3, -0.25) is 9.59 Å². The van der Waals surface area contributed by atoms with Crippen LogP contribution in [0, 0.1) is 0 Å². The monoisotopic (exact) mass is 287 g/mol. The smallest absolute Gasteiger partial charge is 0.329 e. The fourth-order valence-corrected chi connectivity index (χ4v) is 1.84. The molecule has 2 N–H and O–H groups in total. The van der Waals surface area contributed by atoms with Crippen molar-refractivity contribution in [2.75, 3.05) is 0 Å². The van der Waals surface area contributed by atoms with Crippen molar-refractivity contribution in [3.8, 4) is 0 Å². The van der Waals surface area contributed by atoms with Gasteiger partial charge in [0.25, 0.3) is 0 Å². The van der Waals surface area contributed by atoms with Crippen LogP contribution in [0.3, 0.4) is 0 Å². The molecule has 0 unspecified atom stereocenters. The third-order valence-electron chi connectivity index (χ3n) is 3.44. The Bertz CT molecular complexity index is 557. The zero-order chi connectivity index (χ0) is 15.4. The minimum Gasteiger partial charge on any atom is -0.345 e. The summed E-state index contributed by atoms with van der Waals surface area (Å²) in [5.74, 6) is -0.869. The average Bonchev–Trinajstić information content (AvgIpc) is 3.28. The van der Waals surface area contributed by atoms with Gasteiger partial charge in [0.2, 0.25) is 0 Å². The number of rotatable bonds is 4. The molecule has 0 aromatic heterocycles. The van der Waals surface area contributed by atoms with E-state index in [0.717, 1.165) is 18.4 Å². The van der Waals surface area contributed by atoms with Crippen molar-refractivity contribution in [1.82, 2.24) is 10.7 Å². The molecule has 1 aliphatic carbocycles. The average molecular weight is 287 g/mol. The first-order valence-corrected chi connectivity index (χ1v) is 7.23. The lowest BCUT2D eigenvalue weighted by atomic mass is 10.0. The third-order valence-corrected chi connectivity index (χ3v) is 3.44. The highest BCUT2D eigenvalue weighted by Gasteiger charge is 2.26. The molecule has 1 saturated carbocycles. The maximum atomic E-state index is 11.6. The number of carbonyl (C=O) groups is 2. The van der Waals surface area contributed by atoms with Gasteiger partial charge in [-0.2, -0.15) is 5.10 Å². The predicted octanol–water partition coefficient (Wildman–Crippen LogP) is 1.93. The molecule has 0 spiro atoms. The van der Waals surface area contributed by atoms with Crippen LogP contribution in [0.5, 0.6) is 0 Å². The van der Waals surface area contributed by atoms with E-state index in [1.54, 1.807) is 6.92 Å². The molecular formula is C16H21N3O2. The SMILES string of the molecule is C/C(=N/NC(=O)C(=O)NC1CC1)c1ccc(C(C)C)cc1. The van der Waals surface area contributed by atoms with Gasteiger partial charge in [-0.05, 0) is 36.8 Å². The maximum Gasteiger partial charge on any atom is 0.329 e. The van der Waals surface area contributed by atoms with Crippen LogP contribution in [-0.4, -0.2) is 23.6 Å².